The summed E-state index contributed by atoms with van der Waals surface area (Å²) in [6.07, 6.45) is 0.324. The Morgan fingerprint density at radius 2 is 1.80 bits per heavy atom. The van der Waals surface area contributed by atoms with Crippen LogP contribution in [0.25, 0.3) is 22.2 Å². The maximum absolute atomic E-state index is 13.7. The van der Waals surface area contributed by atoms with Crippen molar-refractivity contribution >= 4 is 38.5 Å². The van der Waals surface area contributed by atoms with Crippen molar-refractivity contribution in [1.29, 1.82) is 0 Å². The SMILES string of the molecule is COc1cccc(C(CNC(=O)c2c(C)c(-c3ccccc3)nc3ccc(Br)cc23)CC(C)=O)c1. The third kappa shape index (κ3) is 5.60. The van der Waals surface area contributed by atoms with Gasteiger partial charge in [0.1, 0.15) is 11.5 Å². The lowest BCUT2D eigenvalue weighted by Gasteiger charge is -2.19. The summed E-state index contributed by atoms with van der Waals surface area (Å²) in [6.45, 7) is 3.82. The second kappa shape index (κ2) is 10.8. The van der Waals surface area contributed by atoms with Crippen LogP contribution in [0.3, 0.4) is 0 Å². The van der Waals surface area contributed by atoms with Crippen molar-refractivity contribution in [2.24, 2.45) is 0 Å². The van der Waals surface area contributed by atoms with Gasteiger partial charge in [-0.2, -0.15) is 0 Å². The number of pyridine rings is 1. The molecule has 0 saturated carbocycles. The van der Waals surface area contributed by atoms with Crippen LogP contribution >= 0.6 is 15.9 Å². The Kier molecular flexibility index (Phi) is 7.61. The first kappa shape index (κ1) is 24.6. The molecule has 0 saturated heterocycles. The fraction of sp³-hybridized carbons (Fsp3) is 0.207. The van der Waals surface area contributed by atoms with E-state index in [4.69, 9.17) is 9.72 Å². The summed E-state index contributed by atoms with van der Waals surface area (Å²) in [4.78, 5) is 30.5. The van der Waals surface area contributed by atoms with Gasteiger partial charge in [-0.15, -0.1) is 0 Å². The number of benzene rings is 3. The number of ketones is 1. The number of hydrogen-bond donors (Lipinski definition) is 1. The number of ether oxygens (including phenoxy) is 1. The maximum atomic E-state index is 13.7. The average Bonchev–Trinajstić information content (AvgIpc) is 2.86. The standard InChI is InChI=1S/C29H27BrN2O3/c1-18(33)14-22(21-10-7-11-24(15-21)35-3)17-31-29(34)27-19(2)28(20-8-5-4-6-9-20)32-26-13-12-23(30)16-25(26)27/h4-13,15-16,22H,14,17H2,1-3H3,(H,31,34). The van der Waals surface area contributed by atoms with Crippen LogP contribution in [0.15, 0.2) is 77.3 Å². The predicted molar refractivity (Wildman–Crippen MR) is 143 cm³/mol. The van der Waals surface area contributed by atoms with Gasteiger partial charge in [-0.1, -0.05) is 58.4 Å². The number of nitrogens with zero attached hydrogens (tertiary/aromatic N) is 1. The molecule has 1 amide bonds. The average molecular weight is 531 g/mol. The molecule has 0 aliphatic heterocycles. The molecule has 0 aliphatic carbocycles. The van der Waals surface area contributed by atoms with Gasteiger partial charge in [0.2, 0.25) is 0 Å². The summed E-state index contributed by atoms with van der Waals surface area (Å²) in [5.74, 6) is 0.422. The zero-order valence-corrected chi connectivity index (χ0v) is 21.6. The zero-order valence-electron chi connectivity index (χ0n) is 20.0. The molecule has 1 aromatic heterocycles. The minimum Gasteiger partial charge on any atom is -0.497 e. The number of aromatic nitrogens is 1. The number of Topliss-reactive ketones (excluding diaryl/α,β-unsaturated/α-hetero) is 1. The van der Waals surface area contributed by atoms with Gasteiger partial charge in [0.25, 0.3) is 5.91 Å². The Balaban J connectivity index is 1.72. The highest BCUT2D eigenvalue weighted by Crippen LogP contribution is 2.31. The van der Waals surface area contributed by atoms with Crippen LogP contribution in [0.1, 0.15) is 40.7 Å². The number of halogens is 1. The molecule has 3 aromatic carbocycles. The van der Waals surface area contributed by atoms with E-state index in [1.807, 2.05) is 79.7 Å². The Morgan fingerprint density at radius 1 is 1.03 bits per heavy atom. The van der Waals surface area contributed by atoms with E-state index in [2.05, 4.69) is 21.2 Å². The maximum Gasteiger partial charge on any atom is 0.252 e. The quantitative estimate of drug-likeness (QED) is 0.283. The van der Waals surface area contributed by atoms with Crippen molar-refractivity contribution in [3.05, 3.63) is 94.0 Å². The van der Waals surface area contributed by atoms with E-state index in [-0.39, 0.29) is 17.6 Å². The zero-order chi connectivity index (χ0) is 24.9. The molecule has 6 heteroatoms. The highest BCUT2D eigenvalue weighted by atomic mass is 79.9. The van der Waals surface area contributed by atoms with E-state index in [0.29, 0.717) is 18.5 Å². The molecule has 0 bridgehead atoms. The molecular formula is C29H27BrN2O3. The molecular weight excluding hydrogens is 504 g/mol. The summed E-state index contributed by atoms with van der Waals surface area (Å²) in [7, 11) is 1.61. The number of carbonyl (C=O) groups excluding carboxylic acids is 2. The second-order valence-electron chi connectivity index (χ2n) is 8.58. The lowest BCUT2D eigenvalue weighted by molar-refractivity contribution is -0.117. The van der Waals surface area contributed by atoms with Gasteiger partial charge in [-0.05, 0) is 55.3 Å². The van der Waals surface area contributed by atoms with Crippen molar-refractivity contribution in [1.82, 2.24) is 10.3 Å². The Hall–Kier alpha value is -3.51. The van der Waals surface area contributed by atoms with E-state index < -0.39 is 0 Å². The van der Waals surface area contributed by atoms with Gasteiger partial charge in [-0.3, -0.25) is 4.79 Å². The number of nitrogens with one attached hydrogen (secondary N) is 1. The first-order chi connectivity index (χ1) is 16.9. The molecule has 1 N–H and O–H groups in total. The molecule has 0 aliphatic rings. The van der Waals surface area contributed by atoms with Gasteiger partial charge in [0, 0.05) is 34.3 Å². The number of fused-ring (bicyclic) bond motifs is 1. The van der Waals surface area contributed by atoms with Crippen LogP contribution in [0, 0.1) is 6.92 Å². The second-order valence-corrected chi connectivity index (χ2v) is 9.49. The van der Waals surface area contributed by atoms with Gasteiger partial charge < -0.3 is 14.8 Å². The molecule has 4 aromatic rings. The fourth-order valence-electron chi connectivity index (χ4n) is 4.35. The molecule has 0 spiro atoms. The lowest BCUT2D eigenvalue weighted by Crippen LogP contribution is -2.30. The molecule has 178 valence electrons. The highest BCUT2D eigenvalue weighted by molar-refractivity contribution is 9.10. The van der Waals surface area contributed by atoms with Crippen molar-refractivity contribution in [3.8, 4) is 17.0 Å². The summed E-state index contributed by atoms with van der Waals surface area (Å²) in [5.41, 5.74) is 4.82. The highest BCUT2D eigenvalue weighted by Gasteiger charge is 2.21. The van der Waals surface area contributed by atoms with E-state index in [9.17, 15) is 9.59 Å². The third-order valence-electron chi connectivity index (χ3n) is 6.07. The minimum atomic E-state index is -0.193. The molecule has 5 nitrogen and oxygen atoms in total. The fourth-order valence-corrected chi connectivity index (χ4v) is 4.72. The van der Waals surface area contributed by atoms with E-state index in [1.54, 1.807) is 14.0 Å². The van der Waals surface area contributed by atoms with Crippen molar-refractivity contribution < 1.29 is 14.3 Å². The monoisotopic (exact) mass is 530 g/mol. The normalized spacial score (nSPS) is 11.8. The van der Waals surface area contributed by atoms with Crippen molar-refractivity contribution in [3.63, 3.8) is 0 Å². The van der Waals surface area contributed by atoms with Gasteiger partial charge >= 0.3 is 0 Å². The topological polar surface area (TPSA) is 68.3 Å². The molecule has 0 radical (unpaired) electrons. The molecule has 1 unspecified atom stereocenters. The Labute approximate surface area is 213 Å². The van der Waals surface area contributed by atoms with E-state index in [1.165, 1.54) is 0 Å². The van der Waals surface area contributed by atoms with Gasteiger partial charge in [0.15, 0.2) is 0 Å². The van der Waals surface area contributed by atoms with Crippen LogP contribution < -0.4 is 10.1 Å². The molecule has 4 rings (SSSR count). The molecule has 35 heavy (non-hydrogen) atoms. The van der Waals surface area contributed by atoms with E-state index in [0.717, 1.165) is 43.5 Å². The summed E-state index contributed by atoms with van der Waals surface area (Å²) >= 11 is 3.53. The number of methoxy groups -OCH3 is 1. The first-order valence-electron chi connectivity index (χ1n) is 11.4. The summed E-state index contributed by atoms with van der Waals surface area (Å²) in [6, 6.07) is 23.3. The third-order valence-corrected chi connectivity index (χ3v) is 6.57. The molecule has 1 atom stereocenters. The number of hydrogen-bond acceptors (Lipinski definition) is 4. The smallest absolute Gasteiger partial charge is 0.252 e. The van der Waals surface area contributed by atoms with Crippen LogP contribution in [0.2, 0.25) is 0 Å². The summed E-state index contributed by atoms with van der Waals surface area (Å²) in [5, 5.41) is 3.87. The minimum absolute atomic E-state index is 0.0629. The Bertz CT molecular complexity index is 1390. The number of amides is 1. The largest absolute Gasteiger partial charge is 0.497 e. The summed E-state index contributed by atoms with van der Waals surface area (Å²) < 4.78 is 6.23. The molecule has 1 heterocycles. The molecule has 0 fully saturated rings. The number of rotatable bonds is 8. The first-order valence-corrected chi connectivity index (χ1v) is 12.2. The van der Waals surface area contributed by atoms with Gasteiger partial charge in [-0.25, -0.2) is 4.98 Å². The van der Waals surface area contributed by atoms with Crippen LogP contribution in [-0.4, -0.2) is 30.3 Å². The van der Waals surface area contributed by atoms with Crippen molar-refractivity contribution in [2.45, 2.75) is 26.2 Å². The Morgan fingerprint density at radius 3 is 2.51 bits per heavy atom. The van der Waals surface area contributed by atoms with Gasteiger partial charge in [0.05, 0.1) is 23.9 Å². The number of carbonyl (C=O) groups is 2. The predicted octanol–water partition coefficient (Wildman–Crippen LogP) is 6.47. The van der Waals surface area contributed by atoms with E-state index >= 15 is 0 Å². The lowest BCUT2D eigenvalue weighted by atomic mass is 9.93. The van der Waals surface area contributed by atoms with Crippen LogP contribution in [-0.2, 0) is 4.79 Å². The van der Waals surface area contributed by atoms with Crippen LogP contribution in [0.4, 0.5) is 0 Å². The van der Waals surface area contributed by atoms with Crippen molar-refractivity contribution in [2.75, 3.05) is 13.7 Å². The van der Waals surface area contributed by atoms with Crippen LogP contribution in [0.5, 0.6) is 5.75 Å².